The van der Waals surface area contributed by atoms with E-state index in [1.165, 1.54) is 10.7 Å². The van der Waals surface area contributed by atoms with Crippen molar-refractivity contribution in [2.75, 3.05) is 19.7 Å². The van der Waals surface area contributed by atoms with Crippen LogP contribution < -0.4 is 0 Å². The molecule has 0 bridgehead atoms. The summed E-state index contributed by atoms with van der Waals surface area (Å²) in [6.07, 6.45) is 1.45. The van der Waals surface area contributed by atoms with E-state index >= 15 is 0 Å². The maximum Gasteiger partial charge on any atom is 0.310 e. The molecule has 3 rings (SSSR count). The molecule has 1 fully saturated rings. The zero-order valence-electron chi connectivity index (χ0n) is 14.9. The molecule has 1 aromatic heterocycles. The van der Waals surface area contributed by atoms with Gasteiger partial charge in [0.25, 0.3) is 5.91 Å². The molecule has 1 unspecified atom stereocenters. The molecule has 2 heterocycles. The second-order valence-electron chi connectivity index (χ2n) is 6.38. The molecule has 0 aliphatic carbocycles. The molecule has 1 atom stereocenters. The van der Waals surface area contributed by atoms with Crippen LogP contribution in [0.3, 0.4) is 0 Å². The Labute approximate surface area is 151 Å². The molecule has 0 saturated carbocycles. The first-order chi connectivity index (χ1) is 12.5. The number of aromatic nitrogens is 2. The number of carbonyl (C=O) groups excluding carboxylic acids is 2. The Morgan fingerprint density at radius 1 is 1.35 bits per heavy atom. The fourth-order valence-corrected chi connectivity index (χ4v) is 3.22. The molecular formula is C19H22FN3O3. The average Bonchev–Trinajstić information content (AvgIpc) is 3.03. The SMILES string of the molecule is CCOC(=O)C1CCCN(C(=O)c2cc(C)n(-c3ccccc3F)n2)C1. The summed E-state index contributed by atoms with van der Waals surface area (Å²) >= 11 is 0. The fourth-order valence-electron chi connectivity index (χ4n) is 3.22. The van der Waals surface area contributed by atoms with Crippen molar-refractivity contribution in [3.63, 3.8) is 0 Å². The van der Waals surface area contributed by atoms with Crippen molar-refractivity contribution in [2.24, 2.45) is 5.92 Å². The Hall–Kier alpha value is -2.70. The molecule has 6 nitrogen and oxygen atoms in total. The first kappa shape index (κ1) is 18.1. The lowest BCUT2D eigenvalue weighted by atomic mass is 9.98. The van der Waals surface area contributed by atoms with Gasteiger partial charge < -0.3 is 9.64 Å². The lowest BCUT2D eigenvalue weighted by molar-refractivity contribution is -0.149. The summed E-state index contributed by atoms with van der Waals surface area (Å²) < 4.78 is 20.5. The number of rotatable bonds is 4. The molecule has 0 spiro atoms. The van der Waals surface area contributed by atoms with Crippen molar-refractivity contribution in [3.05, 3.63) is 47.5 Å². The number of carbonyl (C=O) groups is 2. The number of ether oxygens (including phenoxy) is 1. The van der Waals surface area contributed by atoms with E-state index in [0.717, 1.165) is 6.42 Å². The topological polar surface area (TPSA) is 64.4 Å². The standard InChI is InChI=1S/C19H22FN3O3/c1-3-26-19(25)14-7-6-10-22(12-14)18(24)16-11-13(2)23(21-16)17-9-5-4-8-15(17)20/h4-5,8-9,11,14H,3,6-7,10,12H2,1-2H3. The van der Waals surface area contributed by atoms with E-state index in [1.807, 2.05) is 0 Å². The predicted octanol–water partition coefficient (Wildman–Crippen LogP) is 2.74. The highest BCUT2D eigenvalue weighted by molar-refractivity contribution is 5.93. The number of benzene rings is 1. The van der Waals surface area contributed by atoms with Crippen molar-refractivity contribution in [1.82, 2.24) is 14.7 Å². The van der Waals surface area contributed by atoms with Gasteiger partial charge in [0.05, 0.1) is 12.5 Å². The maximum absolute atomic E-state index is 14.0. The molecule has 0 radical (unpaired) electrons. The Balaban J connectivity index is 1.79. The van der Waals surface area contributed by atoms with Gasteiger partial charge in [-0.2, -0.15) is 5.10 Å². The number of halogens is 1. The van der Waals surface area contributed by atoms with Crippen LogP contribution in [0.1, 0.15) is 35.9 Å². The molecule has 1 aliphatic heterocycles. The Kier molecular flexibility index (Phi) is 5.35. The van der Waals surface area contributed by atoms with Crippen molar-refractivity contribution >= 4 is 11.9 Å². The number of amides is 1. The molecule has 1 amide bonds. The van der Waals surface area contributed by atoms with Gasteiger partial charge in [-0.3, -0.25) is 9.59 Å². The van der Waals surface area contributed by atoms with Crippen molar-refractivity contribution in [1.29, 1.82) is 0 Å². The van der Waals surface area contributed by atoms with E-state index in [9.17, 15) is 14.0 Å². The van der Waals surface area contributed by atoms with Crippen LogP contribution in [-0.4, -0.2) is 46.3 Å². The van der Waals surface area contributed by atoms with E-state index in [1.54, 1.807) is 43.0 Å². The van der Waals surface area contributed by atoms with Gasteiger partial charge in [-0.15, -0.1) is 0 Å². The molecule has 1 aliphatic rings. The number of likely N-dealkylation sites (tertiary alicyclic amines) is 1. The molecule has 7 heteroatoms. The van der Waals surface area contributed by atoms with Crippen LogP contribution in [-0.2, 0) is 9.53 Å². The number of hydrogen-bond donors (Lipinski definition) is 0. The average molecular weight is 359 g/mol. The maximum atomic E-state index is 14.0. The smallest absolute Gasteiger partial charge is 0.310 e. The van der Waals surface area contributed by atoms with Crippen LogP contribution in [0.2, 0.25) is 0 Å². The molecule has 26 heavy (non-hydrogen) atoms. The molecule has 1 aromatic carbocycles. The van der Waals surface area contributed by atoms with Crippen LogP contribution in [0.15, 0.2) is 30.3 Å². The third-order valence-electron chi connectivity index (χ3n) is 4.52. The van der Waals surface area contributed by atoms with Crippen LogP contribution >= 0.6 is 0 Å². The highest BCUT2D eigenvalue weighted by atomic mass is 19.1. The Morgan fingerprint density at radius 2 is 2.12 bits per heavy atom. The molecule has 138 valence electrons. The minimum Gasteiger partial charge on any atom is -0.466 e. The van der Waals surface area contributed by atoms with Crippen molar-refractivity contribution in [3.8, 4) is 5.69 Å². The quantitative estimate of drug-likeness (QED) is 0.788. The lowest BCUT2D eigenvalue weighted by Gasteiger charge is -2.31. The number of aryl methyl sites for hydroxylation is 1. The first-order valence-electron chi connectivity index (χ1n) is 8.78. The number of piperidine rings is 1. The second kappa shape index (κ2) is 7.68. The molecule has 2 aromatic rings. The number of hydrogen-bond acceptors (Lipinski definition) is 4. The lowest BCUT2D eigenvalue weighted by Crippen LogP contribution is -2.43. The van der Waals surface area contributed by atoms with Crippen LogP contribution in [0, 0.1) is 18.7 Å². The number of para-hydroxylation sites is 1. The summed E-state index contributed by atoms with van der Waals surface area (Å²) in [5, 5.41) is 4.29. The minimum atomic E-state index is -0.405. The summed E-state index contributed by atoms with van der Waals surface area (Å²) in [6.45, 7) is 4.76. The van der Waals surface area contributed by atoms with Crippen molar-refractivity contribution in [2.45, 2.75) is 26.7 Å². The summed E-state index contributed by atoms with van der Waals surface area (Å²) in [5.74, 6) is -1.23. The number of esters is 1. The van der Waals surface area contributed by atoms with Crippen LogP contribution in [0.25, 0.3) is 5.69 Å². The summed E-state index contributed by atoms with van der Waals surface area (Å²) in [4.78, 5) is 26.4. The summed E-state index contributed by atoms with van der Waals surface area (Å²) in [7, 11) is 0. The summed E-state index contributed by atoms with van der Waals surface area (Å²) in [6, 6.07) is 7.93. The number of nitrogens with zero attached hydrogens (tertiary/aromatic N) is 3. The van der Waals surface area contributed by atoms with E-state index in [4.69, 9.17) is 4.74 Å². The molecular weight excluding hydrogens is 337 g/mol. The Morgan fingerprint density at radius 3 is 2.85 bits per heavy atom. The third-order valence-corrected chi connectivity index (χ3v) is 4.52. The molecule has 0 N–H and O–H groups in total. The van der Waals surface area contributed by atoms with Gasteiger partial charge in [0, 0.05) is 18.8 Å². The largest absolute Gasteiger partial charge is 0.466 e. The van der Waals surface area contributed by atoms with Gasteiger partial charge in [0.1, 0.15) is 11.5 Å². The predicted molar refractivity (Wildman–Crippen MR) is 93.5 cm³/mol. The Bertz CT molecular complexity index is 818. The fraction of sp³-hybridized carbons (Fsp3) is 0.421. The normalized spacial score (nSPS) is 17.2. The van der Waals surface area contributed by atoms with Gasteiger partial charge in [-0.05, 0) is 44.9 Å². The monoisotopic (exact) mass is 359 g/mol. The zero-order valence-corrected chi connectivity index (χ0v) is 14.9. The van der Waals surface area contributed by atoms with E-state index < -0.39 is 5.82 Å². The minimum absolute atomic E-state index is 0.246. The third kappa shape index (κ3) is 3.61. The van der Waals surface area contributed by atoms with E-state index in [2.05, 4.69) is 5.10 Å². The van der Waals surface area contributed by atoms with Crippen LogP contribution in [0.4, 0.5) is 4.39 Å². The first-order valence-corrected chi connectivity index (χ1v) is 8.78. The van der Waals surface area contributed by atoms with E-state index in [-0.39, 0.29) is 23.5 Å². The van der Waals surface area contributed by atoms with Crippen molar-refractivity contribution < 1.29 is 18.7 Å². The van der Waals surface area contributed by atoms with Crippen LogP contribution in [0.5, 0.6) is 0 Å². The van der Waals surface area contributed by atoms with Gasteiger partial charge in [-0.25, -0.2) is 9.07 Å². The molecule has 1 saturated heterocycles. The van der Waals surface area contributed by atoms with E-state index in [0.29, 0.717) is 37.5 Å². The van der Waals surface area contributed by atoms with Gasteiger partial charge in [-0.1, -0.05) is 12.1 Å². The van der Waals surface area contributed by atoms with Gasteiger partial charge in [0.2, 0.25) is 0 Å². The second-order valence-corrected chi connectivity index (χ2v) is 6.38. The van der Waals surface area contributed by atoms with Gasteiger partial charge >= 0.3 is 5.97 Å². The highest BCUT2D eigenvalue weighted by Gasteiger charge is 2.31. The summed E-state index contributed by atoms with van der Waals surface area (Å²) in [5.41, 5.74) is 1.21. The zero-order chi connectivity index (χ0) is 18.7. The highest BCUT2D eigenvalue weighted by Crippen LogP contribution is 2.21. The van der Waals surface area contributed by atoms with Gasteiger partial charge in [0.15, 0.2) is 5.69 Å².